The van der Waals surface area contributed by atoms with E-state index in [-0.39, 0.29) is 25.4 Å². The molecule has 2 amide bonds. The molecule has 2 rings (SSSR count). The van der Waals surface area contributed by atoms with Crippen LogP contribution in [0.15, 0.2) is 18.2 Å². The summed E-state index contributed by atoms with van der Waals surface area (Å²) < 4.78 is 0. The van der Waals surface area contributed by atoms with Crippen molar-refractivity contribution in [2.24, 2.45) is 5.73 Å². The van der Waals surface area contributed by atoms with Gasteiger partial charge >= 0.3 is 0 Å². The van der Waals surface area contributed by atoms with E-state index in [9.17, 15) is 14.7 Å². The Labute approximate surface area is 138 Å². The molecule has 1 aliphatic heterocycles. The molecule has 1 aliphatic rings. The van der Waals surface area contributed by atoms with Crippen LogP contribution < -0.4 is 11.1 Å². The molecule has 122 valence electrons. The number of carbonyl (C=O) groups excluding carboxylic acids is 2. The van der Waals surface area contributed by atoms with Crippen LogP contribution in [-0.2, 0) is 9.59 Å². The summed E-state index contributed by atoms with van der Waals surface area (Å²) in [5.74, 6) is -1.15. The number of benzene rings is 1. The van der Waals surface area contributed by atoms with Crippen molar-refractivity contribution in [2.45, 2.75) is 18.4 Å². The van der Waals surface area contributed by atoms with Crippen molar-refractivity contribution in [3.63, 3.8) is 0 Å². The van der Waals surface area contributed by atoms with Crippen LogP contribution in [0, 0.1) is 11.3 Å². The van der Waals surface area contributed by atoms with Gasteiger partial charge in [-0.25, -0.2) is 0 Å². The number of likely N-dealkylation sites (tertiary alicyclic amines) is 1. The van der Waals surface area contributed by atoms with E-state index in [0.29, 0.717) is 29.2 Å². The lowest BCUT2D eigenvalue weighted by atomic mass is 9.92. The highest BCUT2D eigenvalue weighted by molar-refractivity contribution is 6.31. The third-order valence-electron chi connectivity index (χ3n) is 3.75. The number of anilines is 1. The molecule has 1 fully saturated rings. The Morgan fingerprint density at radius 2 is 2.26 bits per heavy atom. The average molecular weight is 337 g/mol. The van der Waals surface area contributed by atoms with Gasteiger partial charge in [0.15, 0.2) is 5.60 Å². The van der Waals surface area contributed by atoms with Gasteiger partial charge in [0.2, 0.25) is 5.91 Å². The van der Waals surface area contributed by atoms with Gasteiger partial charge in [-0.05, 0) is 37.6 Å². The van der Waals surface area contributed by atoms with Gasteiger partial charge in [-0.3, -0.25) is 14.5 Å². The summed E-state index contributed by atoms with van der Waals surface area (Å²) in [6, 6.07) is 6.55. The molecule has 8 heteroatoms. The second kappa shape index (κ2) is 6.96. The summed E-state index contributed by atoms with van der Waals surface area (Å²) in [6.45, 7) is 0.563. The highest BCUT2D eigenvalue weighted by Crippen LogP contribution is 2.22. The summed E-state index contributed by atoms with van der Waals surface area (Å²) in [7, 11) is 0. The maximum absolute atomic E-state index is 12.1. The number of nitrogens with one attached hydrogen (secondary N) is 1. The predicted octanol–water partition coefficient (Wildman–Crippen LogP) is 0.462. The number of nitriles is 1. The fourth-order valence-electron chi connectivity index (χ4n) is 2.57. The summed E-state index contributed by atoms with van der Waals surface area (Å²) in [4.78, 5) is 25.1. The molecule has 1 unspecified atom stereocenters. The molecule has 7 nitrogen and oxygen atoms in total. The van der Waals surface area contributed by atoms with Gasteiger partial charge < -0.3 is 16.2 Å². The van der Waals surface area contributed by atoms with Gasteiger partial charge in [0.1, 0.15) is 6.07 Å². The minimum absolute atomic E-state index is 0.0103. The number of aliphatic hydroxyl groups is 1. The standard InChI is InChI=1S/C15H17ClN4O3/c16-11-3-2-10(7-17)12(6-11)19-13(21)8-20-5-1-4-15(23,9-20)14(18)22/h2-3,6,23H,1,4-5,8-9H2,(H2,18,22)(H,19,21). The van der Waals surface area contributed by atoms with Gasteiger partial charge in [0.25, 0.3) is 5.91 Å². The topological polar surface area (TPSA) is 119 Å². The maximum atomic E-state index is 12.1. The Morgan fingerprint density at radius 1 is 1.52 bits per heavy atom. The number of halogens is 1. The lowest BCUT2D eigenvalue weighted by molar-refractivity contribution is -0.143. The normalized spacial score (nSPS) is 21.4. The van der Waals surface area contributed by atoms with Gasteiger partial charge in [-0.15, -0.1) is 0 Å². The average Bonchev–Trinajstić information content (AvgIpc) is 2.47. The van der Waals surface area contributed by atoms with E-state index in [1.165, 1.54) is 12.1 Å². The van der Waals surface area contributed by atoms with Crippen LogP contribution >= 0.6 is 11.6 Å². The highest BCUT2D eigenvalue weighted by Gasteiger charge is 2.38. The van der Waals surface area contributed by atoms with E-state index in [2.05, 4.69) is 5.32 Å². The Kier molecular flexibility index (Phi) is 5.21. The number of carbonyl (C=O) groups is 2. The van der Waals surface area contributed by atoms with Crippen molar-refractivity contribution in [1.29, 1.82) is 5.26 Å². The molecule has 4 N–H and O–H groups in total. The monoisotopic (exact) mass is 336 g/mol. The predicted molar refractivity (Wildman–Crippen MR) is 84.6 cm³/mol. The van der Waals surface area contributed by atoms with Crippen LogP contribution in [0.1, 0.15) is 18.4 Å². The molecular weight excluding hydrogens is 320 g/mol. The van der Waals surface area contributed by atoms with Gasteiger partial charge in [0, 0.05) is 11.6 Å². The quantitative estimate of drug-likeness (QED) is 0.738. The van der Waals surface area contributed by atoms with Crippen LogP contribution in [0.2, 0.25) is 5.02 Å². The molecule has 1 heterocycles. The minimum atomic E-state index is -1.60. The third kappa shape index (κ3) is 4.20. The zero-order chi connectivity index (χ0) is 17.0. The minimum Gasteiger partial charge on any atom is -0.379 e. The summed E-state index contributed by atoms with van der Waals surface area (Å²) in [6.07, 6.45) is 0.848. The van der Waals surface area contributed by atoms with Crippen LogP contribution in [0.5, 0.6) is 0 Å². The van der Waals surface area contributed by atoms with Crippen molar-refractivity contribution in [2.75, 3.05) is 25.0 Å². The number of β-amino-alcohol motifs (C(OH)–C–C–N with tert-alkyl or cyclic N) is 1. The number of primary amides is 1. The molecule has 0 radical (unpaired) electrons. The van der Waals surface area contributed by atoms with Crippen LogP contribution in [-0.4, -0.2) is 47.1 Å². The van der Waals surface area contributed by atoms with E-state index < -0.39 is 11.5 Å². The number of piperidine rings is 1. The van der Waals surface area contributed by atoms with Crippen molar-refractivity contribution < 1.29 is 14.7 Å². The number of nitrogens with zero attached hydrogens (tertiary/aromatic N) is 2. The first-order valence-electron chi connectivity index (χ1n) is 7.08. The summed E-state index contributed by atoms with van der Waals surface area (Å²) >= 11 is 5.87. The lowest BCUT2D eigenvalue weighted by Gasteiger charge is -2.36. The van der Waals surface area contributed by atoms with Gasteiger partial charge in [0.05, 0.1) is 17.8 Å². The Morgan fingerprint density at radius 3 is 2.91 bits per heavy atom. The molecule has 1 aromatic carbocycles. The van der Waals surface area contributed by atoms with E-state index in [0.717, 1.165) is 0 Å². The molecule has 0 aromatic heterocycles. The molecule has 0 spiro atoms. The first-order chi connectivity index (χ1) is 10.8. The number of nitrogens with two attached hydrogens (primary N) is 1. The first-order valence-corrected chi connectivity index (χ1v) is 7.46. The first kappa shape index (κ1) is 17.2. The fraction of sp³-hybridized carbons (Fsp3) is 0.400. The van der Waals surface area contributed by atoms with Crippen LogP contribution in [0.25, 0.3) is 0 Å². The fourth-order valence-corrected chi connectivity index (χ4v) is 2.74. The molecule has 1 aromatic rings. The second-order valence-electron chi connectivity index (χ2n) is 5.56. The lowest BCUT2D eigenvalue weighted by Crippen LogP contribution is -2.56. The van der Waals surface area contributed by atoms with E-state index >= 15 is 0 Å². The maximum Gasteiger partial charge on any atom is 0.250 e. The molecular formula is C15H17ClN4O3. The summed E-state index contributed by atoms with van der Waals surface area (Å²) in [5, 5.41) is 22.2. The number of hydrogen-bond acceptors (Lipinski definition) is 5. The molecule has 0 saturated carbocycles. The van der Waals surface area contributed by atoms with Gasteiger partial charge in [-0.1, -0.05) is 11.6 Å². The second-order valence-corrected chi connectivity index (χ2v) is 6.00. The van der Waals surface area contributed by atoms with Crippen molar-refractivity contribution in [3.8, 4) is 6.07 Å². The third-order valence-corrected chi connectivity index (χ3v) is 3.99. The smallest absolute Gasteiger partial charge is 0.250 e. The Hall–Kier alpha value is -2.14. The van der Waals surface area contributed by atoms with Gasteiger partial charge in [-0.2, -0.15) is 5.26 Å². The van der Waals surface area contributed by atoms with Crippen LogP contribution in [0.3, 0.4) is 0 Å². The van der Waals surface area contributed by atoms with Crippen LogP contribution in [0.4, 0.5) is 5.69 Å². The largest absolute Gasteiger partial charge is 0.379 e. The van der Waals surface area contributed by atoms with Crippen molar-refractivity contribution in [1.82, 2.24) is 4.90 Å². The Bertz CT molecular complexity index is 673. The van der Waals surface area contributed by atoms with Crippen molar-refractivity contribution >= 4 is 29.1 Å². The molecule has 1 atom stereocenters. The zero-order valence-corrected chi connectivity index (χ0v) is 13.1. The Balaban J connectivity index is 2.02. The molecule has 23 heavy (non-hydrogen) atoms. The molecule has 1 saturated heterocycles. The molecule has 0 bridgehead atoms. The SMILES string of the molecule is N#Cc1ccc(Cl)cc1NC(=O)CN1CCCC(O)(C(N)=O)C1. The zero-order valence-electron chi connectivity index (χ0n) is 12.4. The number of rotatable bonds is 4. The highest BCUT2D eigenvalue weighted by atomic mass is 35.5. The van der Waals surface area contributed by atoms with E-state index in [1.54, 1.807) is 11.0 Å². The van der Waals surface area contributed by atoms with E-state index in [1.807, 2.05) is 6.07 Å². The number of amides is 2. The van der Waals surface area contributed by atoms with Crippen molar-refractivity contribution in [3.05, 3.63) is 28.8 Å². The van der Waals surface area contributed by atoms with E-state index in [4.69, 9.17) is 22.6 Å². The summed E-state index contributed by atoms with van der Waals surface area (Å²) in [5.41, 5.74) is 4.23. The number of hydrogen-bond donors (Lipinski definition) is 3. The molecule has 0 aliphatic carbocycles.